The minimum Gasteiger partial charge on any atom is -0.333 e. The molecule has 1 aromatic rings. The zero-order valence-electron chi connectivity index (χ0n) is 9.71. The van der Waals surface area contributed by atoms with Gasteiger partial charge in [0.25, 0.3) is 0 Å². The van der Waals surface area contributed by atoms with Crippen molar-refractivity contribution in [1.29, 1.82) is 0 Å². The van der Waals surface area contributed by atoms with Crippen molar-refractivity contribution < 1.29 is 4.39 Å². The van der Waals surface area contributed by atoms with Gasteiger partial charge in [0.15, 0.2) is 5.17 Å². The molecule has 0 saturated carbocycles. The molecule has 1 heterocycles. The van der Waals surface area contributed by atoms with Gasteiger partial charge >= 0.3 is 0 Å². The van der Waals surface area contributed by atoms with Gasteiger partial charge in [0.05, 0.1) is 12.2 Å². The molecule has 92 valence electrons. The lowest BCUT2D eigenvalue weighted by Gasteiger charge is -2.12. The van der Waals surface area contributed by atoms with Crippen LogP contribution >= 0.6 is 27.7 Å². The van der Waals surface area contributed by atoms with Gasteiger partial charge in [-0.3, -0.25) is 4.99 Å². The monoisotopic (exact) mass is 316 g/mol. The standard InChI is InChI=1S/C12H14BrFN2S/c1-7(2)11-6-15-12(17-11)16-10-4-3-8(13)5-9(10)14/h3-5,7,11H,6H2,1-2H3,(H,15,16). The van der Waals surface area contributed by atoms with Crippen LogP contribution in [-0.2, 0) is 0 Å². The Balaban J connectivity index is 2.03. The van der Waals surface area contributed by atoms with Gasteiger partial charge in [0, 0.05) is 9.72 Å². The summed E-state index contributed by atoms with van der Waals surface area (Å²) in [5.74, 6) is 0.313. The van der Waals surface area contributed by atoms with E-state index in [9.17, 15) is 4.39 Å². The number of hydrogen-bond donors (Lipinski definition) is 1. The fourth-order valence-corrected chi connectivity index (χ4v) is 2.87. The van der Waals surface area contributed by atoms with Crippen molar-refractivity contribution in [3.63, 3.8) is 0 Å². The zero-order chi connectivity index (χ0) is 12.4. The topological polar surface area (TPSA) is 24.4 Å². The molecule has 1 N–H and O–H groups in total. The number of aliphatic imine (C=N–C) groups is 1. The highest BCUT2D eigenvalue weighted by molar-refractivity contribution is 9.10. The predicted molar refractivity (Wildman–Crippen MR) is 76.2 cm³/mol. The van der Waals surface area contributed by atoms with Crippen molar-refractivity contribution in [3.05, 3.63) is 28.5 Å². The van der Waals surface area contributed by atoms with Crippen LogP contribution in [0.5, 0.6) is 0 Å². The molecule has 0 bridgehead atoms. The molecule has 1 aliphatic rings. The van der Waals surface area contributed by atoms with Gasteiger partial charge in [-0.1, -0.05) is 41.5 Å². The summed E-state index contributed by atoms with van der Waals surface area (Å²) in [7, 11) is 0. The molecule has 5 heteroatoms. The summed E-state index contributed by atoms with van der Waals surface area (Å²) in [6.07, 6.45) is 0. The van der Waals surface area contributed by atoms with E-state index in [1.807, 2.05) is 6.07 Å². The first kappa shape index (κ1) is 12.9. The molecule has 17 heavy (non-hydrogen) atoms. The normalized spacial score (nSPS) is 19.6. The SMILES string of the molecule is CC(C)C1CN=C(Nc2ccc(Br)cc2F)S1. The fraction of sp³-hybridized carbons (Fsp3) is 0.417. The number of thioether (sulfide) groups is 1. The third-order valence-electron chi connectivity index (χ3n) is 2.59. The van der Waals surface area contributed by atoms with Crippen LogP contribution in [0.1, 0.15) is 13.8 Å². The van der Waals surface area contributed by atoms with E-state index in [0.29, 0.717) is 16.9 Å². The summed E-state index contributed by atoms with van der Waals surface area (Å²) in [5.41, 5.74) is 0.476. The molecule has 1 unspecified atom stereocenters. The first-order valence-electron chi connectivity index (χ1n) is 5.49. The summed E-state index contributed by atoms with van der Waals surface area (Å²) < 4.78 is 14.3. The maximum atomic E-state index is 13.6. The van der Waals surface area contributed by atoms with Crippen molar-refractivity contribution in [3.8, 4) is 0 Å². The Hall–Kier alpha value is -0.550. The van der Waals surface area contributed by atoms with Gasteiger partial charge in [0.1, 0.15) is 5.82 Å². The Morgan fingerprint density at radius 1 is 1.53 bits per heavy atom. The third kappa shape index (κ3) is 3.22. The minimum absolute atomic E-state index is 0.268. The van der Waals surface area contributed by atoms with E-state index < -0.39 is 0 Å². The second-order valence-electron chi connectivity index (χ2n) is 4.30. The van der Waals surface area contributed by atoms with Crippen LogP contribution in [0.25, 0.3) is 0 Å². The lowest BCUT2D eigenvalue weighted by Crippen LogP contribution is -2.13. The molecule has 0 spiro atoms. The van der Waals surface area contributed by atoms with Crippen molar-refractivity contribution in [2.24, 2.45) is 10.9 Å². The van der Waals surface area contributed by atoms with E-state index in [4.69, 9.17) is 0 Å². The maximum absolute atomic E-state index is 13.6. The van der Waals surface area contributed by atoms with Gasteiger partial charge in [-0.25, -0.2) is 4.39 Å². The molecule has 0 saturated heterocycles. The van der Waals surface area contributed by atoms with E-state index in [-0.39, 0.29) is 5.82 Å². The van der Waals surface area contributed by atoms with Crippen molar-refractivity contribution >= 4 is 38.5 Å². The van der Waals surface area contributed by atoms with Crippen molar-refractivity contribution in [2.75, 3.05) is 11.9 Å². The van der Waals surface area contributed by atoms with E-state index in [2.05, 4.69) is 40.1 Å². The molecule has 2 nitrogen and oxygen atoms in total. The summed E-state index contributed by atoms with van der Waals surface area (Å²) in [6, 6.07) is 4.97. The molecule has 0 aromatic heterocycles. The van der Waals surface area contributed by atoms with E-state index in [0.717, 1.165) is 16.2 Å². The van der Waals surface area contributed by atoms with Gasteiger partial charge in [0.2, 0.25) is 0 Å². The molecule has 1 aliphatic heterocycles. The average molecular weight is 317 g/mol. The minimum atomic E-state index is -0.268. The smallest absolute Gasteiger partial charge is 0.161 e. The summed E-state index contributed by atoms with van der Waals surface area (Å²) in [5, 5.41) is 4.34. The van der Waals surface area contributed by atoms with E-state index in [1.165, 1.54) is 6.07 Å². The summed E-state index contributed by atoms with van der Waals surface area (Å²) in [4.78, 5) is 4.39. The number of rotatable bonds is 2. The molecule has 1 aromatic carbocycles. The predicted octanol–water partition coefficient (Wildman–Crippen LogP) is 4.13. The quantitative estimate of drug-likeness (QED) is 0.887. The first-order valence-corrected chi connectivity index (χ1v) is 7.16. The highest BCUT2D eigenvalue weighted by Gasteiger charge is 2.22. The molecular weight excluding hydrogens is 303 g/mol. The lowest BCUT2D eigenvalue weighted by atomic mass is 10.1. The van der Waals surface area contributed by atoms with Crippen LogP contribution in [0.15, 0.2) is 27.7 Å². The van der Waals surface area contributed by atoms with E-state index >= 15 is 0 Å². The number of anilines is 1. The Labute approximate surface area is 113 Å². The number of nitrogens with one attached hydrogen (secondary N) is 1. The third-order valence-corrected chi connectivity index (χ3v) is 4.54. The van der Waals surface area contributed by atoms with Gasteiger partial charge < -0.3 is 5.32 Å². The maximum Gasteiger partial charge on any atom is 0.161 e. The van der Waals surface area contributed by atoms with Gasteiger partial charge in [-0.15, -0.1) is 0 Å². The number of amidine groups is 1. The van der Waals surface area contributed by atoms with Crippen LogP contribution in [0.4, 0.5) is 10.1 Å². The lowest BCUT2D eigenvalue weighted by molar-refractivity contribution is 0.621. The number of nitrogens with zero attached hydrogens (tertiary/aromatic N) is 1. The second kappa shape index (κ2) is 5.40. The van der Waals surface area contributed by atoms with Crippen molar-refractivity contribution in [1.82, 2.24) is 0 Å². The Kier molecular flexibility index (Phi) is 4.09. The molecule has 0 radical (unpaired) electrons. The van der Waals surface area contributed by atoms with Crippen LogP contribution in [0.3, 0.4) is 0 Å². The van der Waals surface area contributed by atoms with Crippen LogP contribution in [0, 0.1) is 11.7 Å². The van der Waals surface area contributed by atoms with Crippen molar-refractivity contribution in [2.45, 2.75) is 19.1 Å². The Morgan fingerprint density at radius 3 is 2.88 bits per heavy atom. The van der Waals surface area contributed by atoms with Crippen LogP contribution in [0.2, 0.25) is 0 Å². The Morgan fingerprint density at radius 2 is 2.29 bits per heavy atom. The first-order chi connectivity index (χ1) is 8.06. The second-order valence-corrected chi connectivity index (χ2v) is 6.44. The molecule has 0 fully saturated rings. The number of halogens is 2. The molecule has 0 amide bonds. The summed E-state index contributed by atoms with van der Waals surface area (Å²) in [6.45, 7) is 5.16. The number of benzene rings is 1. The van der Waals surface area contributed by atoms with Gasteiger partial charge in [-0.2, -0.15) is 0 Å². The highest BCUT2D eigenvalue weighted by Crippen LogP contribution is 2.29. The largest absolute Gasteiger partial charge is 0.333 e. The summed E-state index contributed by atoms with van der Waals surface area (Å²) >= 11 is 4.92. The highest BCUT2D eigenvalue weighted by atomic mass is 79.9. The van der Waals surface area contributed by atoms with E-state index in [1.54, 1.807) is 17.8 Å². The zero-order valence-corrected chi connectivity index (χ0v) is 12.1. The van der Waals surface area contributed by atoms with Crippen LogP contribution in [-0.4, -0.2) is 17.0 Å². The molecule has 1 atom stereocenters. The average Bonchev–Trinajstić information content (AvgIpc) is 2.71. The molecular formula is C12H14BrFN2S. The number of hydrogen-bond acceptors (Lipinski definition) is 3. The Bertz CT molecular complexity index is 448. The molecule has 0 aliphatic carbocycles. The van der Waals surface area contributed by atoms with Gasteiger partial charge in [-0.05, 0) is 24.1 Å². The fourth-order valence-electron chi connectivity index (χ4n) is 1.51. The van der Waals surface area contributed by atoms with Crippen LogP contribution < -0.4 is 5.32 Å². The molecule has 2 rings (SSSR count).